The van der Waals surface area contributed by atoms with Crippen LogP contribution in [0.25, 0.3) is 0 Å². The van der Waals surface area contributed by atoms with E-state index in [4.69, 9.17) is 5.73 Å². The first-order chi connectivity index (χ1) is 8.22. The molecule has 1 atom stereocenters. The van der Waals surface area contributed by atoms with Crippen LogP contribution >= 0.6 is 0 Å². The number of halogens is 1. The molecule has 1 fully saturated rings. The quantitative estimate of drug-likeness (QED) is 0.870. The lowest BCUT2D eigenvalue weighted by atomic mass is 10.1. The number of nitrogens with two attached hydrogens (primary N) is 1. The second-order valence-electron chi connectivity index (χ2n) is 4.87. The summed E-state index contributed by atoms with van der Waals surface area (Å²) in [5.74, 6) is 0.613. The second-order valence-corrected chi connectivity index (χ2v) is 4.87. The second kappa shape index (κ2) is 5.50. The maximum atomic E-state index is 13.5. The largest absolute Gasteiger partial charge is 0.371 e. The minimum atomic E-state index is -0.147. The van der Waals surface area contributed by atoms with Crippen LogP contribution in [0.15, 0.2) is 18.2 Å². The van der Waals surface area contributed by atoms with Crippen molar-refractivity contribution in [1.82, 2.24) is 0 Å². The number of hydrogen-bond donors (Lipinski definition) is 1. The van der Waals surface area contributed by atoms with Crippen molar-refractivity contribution in [1.29, 1.82) is 0 Å². The van der Waals surface area contributed by atoms with E-state index >= 15 is 0 Å². The molecule has 1 heterocycles. The number of rotatable bonds is 4. The van der Waals surface area contributed by atoms with Gasteiger partial charge in [0.25, 0.3) is 0 Å². The van der Waals surface area contributed by atoms with Crippen LogP contribution in [0.1, 0.15) is 25.3 Å². The standard InChI is InChI=1S/C14H21FN2/c1-2-11-4-6-17(10-11)14-8-12(3-5-16)7-13(15)9-14/h7-9,11H,2-6,10,16H2,1H3. The monoisotopic (exact) mass is 236 g/mol. The van der Waals surface area contributed by atoms with E-state index in [0.717, 1.165) is 36.7 Å². The van der Waals surface area contributed by atoms with Gasteiger partial charge in [0, 0.05) is 18.8 Å². The molecule has 1 unspecified atom stereocenters. The van der Waals surface area contributed by atoms with Crippen molar-refractivity contribution in [2.75, 3.05) is 24.5 Å². The van der Waals surface area contributed by atoms with Crippen LogP contribution in [-0.4, -0.2) is 19.6 Å². The van der Waals surface area contributed by atoms with Crippen molar-refractivity contribution in [2.45, 2.75) is 26.2 Å². The first-order valence-corrected chi connectivity index (χ1v) is 6.47. The maximum Gasteiger partial charge on any atom is 0.125 e. The molecule has 2 N–H and O–H groups in total. The fourth-order valence-corrected chi connectivity index (χ4v) is 2.53. The Hall–Kier alpha value is -1.09. The van der Waals surface area contributed by atoms with Gasteiger partial charge in [0.2, 0.25) is 0 Å². The van der Waals surface area contributed by atoms with E-state index in [1.54, 1.807) is 12.1 Å². The van der Waals surface area contributed by atoms with E-state index in [0.29, 0.717) is 6.54 Å². The van der Waals surface area contributed by atoms with Crippen LogP contribution in [0.3, 0.4) is 0 Å². The van der Waals surface area contributed by atoms with Crippen LogP contribution in [0.2, 0.25) is 0 Å². The fraction of sp³-hybridized carbons (Fsp3) is 0.571. The van der Waals surface area contributed by atoms with Gasteiger partial charge in [0.15, 0.2) is 0 Å². The molecule has 1 saturated heterocycles. The van der Waals surface area contributed by atoms with E-state index < -0.39 is 0 Å². The molecule has 0 spiro atoms. The van der Waals surface area contributed by atoms with Gasteiger partial charge >= 0.3 is 0 Å². The molecular weight excluding hydrogens is 215 g/mol. The fourth-order valence-electron chi connectivity index (χ4n) is 2.53. The van der Waals surface area contributed by atoms with Crippen LogP contribution in [0.4, 0.5) is 10.1 Å². The molecule has 0 radical (unpaired) electrons. The Bertz CT molecular complexity index is 378. The van der Waals surface area contributed by atoms with Crippen molar-refractivity contribution >= 4 is 5.69 Å². The Labute approximate surface area is 103 Å². The topological polar surface area (TPSA) is 29.3 Å². The smallest absolute Gasteiger partial charge is 0.125 e. The van der Waals surface area contributed by atoms with Gasteiger partial charge in [-0.1, -0.05) is 13.3 Å². The summed E-state index contributed by atoms with van der Waals surface area (Å²) in [6, 6.07) is 5.30. The molecule has 3 heteroatoms. The summed E-state index contributed by atoms with van der Waals surface area (Å²) in [5.41, 5.74) is 7.54. The summed E-state index contributed by atoms with van der Waals surface area (Å²) in [6.45, 7) is 4.89. The summed E-state index contributed by atoms with van der Waals surface area (Å²) in [5, 5.41) is 0. The van der Waals surface area contributed by atoms with Crippen molar-refractivity contribution in [2.24, 2.45) is 11.7 Å². The predicted molar refractivity (Wildman–Crippen MR) is 69.8 cm³/mol. The van der Waals surface area contributed by atoms with Gasteiger partial charge < -0.3 is 10.6 Å². The van der Waals surface area contributed by atoms with Crippen molar-refractivity contribution in [3.8, 4) is 0 Å². The summed E-state index contributed by atoms with van der Waals surface area (Å²) in [7, 11) is 0. The first kappa shape index (κ1) is 12.4. The van der Waals surface area contributed by atoms with Crippen LogP contribution in [-0.2, 0) is 6.42 Å². The van der Waals surface area contributed by atoms with Crippen molar-refractivity contribution < 1.29 is 4.39 Å². The minimum absolute atomic E-state index is 0.147. The average Bonchev–Trinajstić information content (AvgIpc) is 2.77. The van der Waals surface area contributed by atoms with E-state index in [2.05, 4.69) is 17.9 Å². The molecule has 1 aromatic rings. The highest BCUT2D eigenvalue weighted by molar-refractivity contribution is 5.50. The Balaban J connectivity index is 2.15. The van der Waals surface area contributed by atoms with E-state index in [9.17, 15) is 4.39 Å². The molecule has 94 valence electrons. The van der Waals surface area contributed by atoms with Crippen LogP contribution in [0, 0.1) is 11.7 Å². The molecule has 0 bridgehead atoms. The molecule has 2 nitrogen and oxygen atoms in total. The van der Waals surface area contributed by atoms with Gasteiger partial charge in [-0.15, -0.1) is 0 Å². The van der Waals surface area contributed by atoms with Crippen molar-refractivity contribution in [3.05, 3.63) is 29.6 Å². The molecule has 0 amide bonds. The van der Waals surface area contributed by atoms with Gasteiger partial charge in [-0.3, -0.25) is 0 Å². The molecule has 0 saturated carbocycles. The minimum Gasteiger partial charge on any atom is -0.371 e. The summed E-state index contributed by atoms with van der Waals surface area (Å²) < 4.78 is 13.5. The van der Waals surface area contributed by atoms with Gasteiger partial charge in [-0.05, 0) is 49.1 Å². The van der Waals surface area contributed by atoms with Gasteiger partial charge in [0.05, 0.1) is 0 Å². The molecular formula is C14H21FN2. The van der Waals surface area contributed by atoms with E-state index in [1.807, 2.05) is 0 Å². The third-order valence-electron chi connectivity index (χ3n) is 3.60. The lowest BCUT2D eigenvalue weighted by Crippen LogP contribution is -2.20. The van der Waals surface area contributed by atoms with E-state index in [-0.39, 0.29) is 5.82 Å². The SMILES string of the molecule is CCC1CCN(c2cc(F)cc(CCN)c2)C1. The third-order valence-corrected chi connectivity index (χ3v) is 3.60. The molecule has 1 aliphatic heterocycles. The normalized spacial score (nSPS) is 19.9. The molecule has 1 aliphatic rings. The summed E-state index contributed by atoms with van der Waals surface area (Å²) in [4.78, 5) is 2.29. The zero-order valence-electron chi connectivity index (χ0n) is 10.5. The highest BCUT2D eigenvalue weighted by atomic mass is 19.1. The lowest BCUT2D eigenvalue weighted by Gasteiger charge is -2.19. The molecule has 2 rings (SSSR count). The molecule has 0 aromatic heterocycles. The Morgan fingerprint density at radius 2 is 2.24 bits per heavy atom. The van der Waals surface area contributed by atoms with Crippen LogP contribution < -0.4 is 10.6 Å². The van der Waals surface area contributed by atoms with Gasteiger partial charge in [-0.2, -0.15) is 0 Å². The van der Waals surface area contributed by atoms with Gasteiger partial charge in [-0.25, -0.2) is 4.39 Å². The first-order valence-electron chi connectivity index (χ1n) is 6.47. The predicted octanol–water partition coefficient (Wildman–Crippen LogP) is 2.56. The average molecular weight is 236 g/mol. The van der Waals surface area contributed by atoms with E-state index in [1.165, 1.54) is 12.8 Å². The zero-order chi connectivity index (χ0) is 12.3. The number of anilines is 1. The summed E-state index contributed by atoms with van der Waals surface area (Å²) in [6.07, 6.45) is 3.18. The van der Waals surface area contributed by atoms with Crippen LogP contribution in [0.5, 0.6) is 0 Å². The number of benzene rings is 1. The Morgan fingerprint density at radius 1 is 1.41 bits per heavy atom. The number of hydrogen-bond acceptors (Lipinski definition) is 2. The maximum absolute atomic E-state index is 13.5. The third kappa shape index (κ3) is 2.97. The highest BCUT2D eigenvalue weighted by Crippen LogP contribution is 2.27. The molecule has 0 aliphatic carbocycles. The lowest BCUT2D eigenvalue weighted by molar-refractivity contribution is 0.569. The van der Waals surface area contributed by atoms with Crippen molar-refractivity contribution in [3.63, 3.8) is 0 Å². The molecule has 1 aromatic carbocycles. The Kier molecular flexibility index (Phi) is 4.00. The summed E-state index contributed by atoms with van der Waals surface area (Å²) >= 11 is 0. The Morgan fingerprint density at radius 3 is 2.88 bits per heavy atom. The zero-order valence-corrected chi connectivity index (χ0v) is 10.5. The molecule has 17 heavy (non-hydrogen) atoms. The highest BCUT2D eigenvalue weighted by Gasteiger charge is 2.21. The number of nitrogens with zero attached hydrogens (tertiary/aromatic N) is 1. The van der Waals surface area contributed by atoms with Gasteiger partial charge in [0.1, 0.15) is 5.82 Å².